The van der Waals surface area contributed by atoms with Crippen LogP contribution in [0.25, 0.3) is 0 Å². The Labute approximate surface area is 94.6 Å². The molecule has 3 nitrogen and oxygen atoms in total. The van der Waals surface area contributed by atoms with E-state index in [1.165, 1.54) is 38.9 Å². The maximum absolute atomic E-state index is 6.11. The summed E-state index contributed by atoms with van der Waals surface area (Å²) in [6, 6.07) is 0. The first-order valence-electron chi connectivity index (χ1n) is 6.50. The van der Waals surface area contributed by atoms with Gasteiger partial charge < -0.3 is 10.6 Å². The normalized spacial score (nSPS) is 21.8. The van der Waals surface area contributed by atoms with Crippen molar-refractivity contribution in [3.63, 3.8) is 0 Å². The lowest BCUT2D eigenvalue weighted by Crippen LogP contribution is -2.53. The van der Waals surface area contributed by atoms with Gasteiger partial charge in [-0.25, -0.2) is 0 Å². The van der Waals surface area contributed by atoms with Crippen LogP contribution < -0.4 is 5.73 Å². The average Bonchev–Trinajstić information content (AvgIpc) is 2.27. The Kier molecular flexibility index (Phi) is 6.22. The quantitative estimate of drug-likeness (QED) is 0.725. The lowest BCUT2D eigenvalue weighted by atomic mass is 10.2. The van der Waals surface area contributed by atoms with Crippen LogP contribution in [-0.2, 0) is 0 Å². The van der Waals surface area contributed by atoms with Gasteiger partial charge in [0.2, 0.25) is 0 Å². The second kappa shape index (κ2) is 7.20. The molecular formula is C12H27N3. The van der Waals surface area contributed by atoms with Crippen molar-refractivity contribution < 1.29 is 0 Å². The molecule has 0 amide bonds. The van der Waals surface area contributed by atoms with E-state index in [1.807, 2.05) is 0 Å². The number of hydrogen-bond acceptors (Lipinski definition) is 3. The molecule has 2 N–H and O–H groups in total. The Morgan fingerprint density at radius 3 is 2.27 bits per heavy atom. The van der Waals surface area contributed by atoms with Crippen LogP contribution in [0.15, 0.2) is 0 Å². The summed E-state index contributed by atoms with van der Waals surface area (Å²) < 4.78 is 0. The Morgan fingerprint density at radius 1 is 1.07 bits per heavy atom. The average molecular weight is 213 g/mol. The van der Waals surface area contributed by atoms with E-state index >= 15 is 0 Å². The van der Waals surface area contributed by atoms with Crippen molar-refractivity contribution in [1.82, 2.24) is 9.80 Å². The van der Waals surface area contributed by atoms with E-state index < -0.39 is 0 Å². The van der Waals surface area contributed by atoms with Gasteiger partial charge in [-0.3, -0.25) is 4.90 Å². The third kappa shape index (κ3) is 4.49. The minimum atomic E-state index is 0.295. The van der Waals surface area contributed by atoms with Crippen molar-refractivity contribution >= 4 is 0 Å². The predicted molar refractivity (Wildman–Crippen MR) is 65.8 cm³/mol. The lowest BCUT2D eigenvalue weighted by Gasteiger charge is -2.37. The van der Waals surface area contributed by atoms with Crippen molar-refractivity contribution in [2.24, 2.45) is 5.73 Å². The Morgan fingerprint density at radius 2 is 1.73 bits per heavy atom. The van der Waals surface area contributed by atoms with Gasteiger partial charge in [0.1, 0.15) is 0 Å². The van der Waals surface area contributed by atoms with Crippen molar-refractivity contribution in [3.05, 3.63) is 0 Å². The molecule has 0 radical (unpaired) electrons. The van der Waals surface area contributed by atoms with E-state index in [4.69, 9.17) is 5.73 Å². The van der Waals surface area contributed by atoms with Gasteiger partial charge >= 0.3 is 0 Å². The highest BCUT2D eigenvalue weighted by molar-refractivity contribution is 4.75. The monoisotopic (exact) mass is 213 g/mol. The fourth-order valence-electron chi connectivity index (χ4n) is 2.18. The van der Waals surface area contributed by atoms with Gasteiger partial charge in [0.05, 0.1) is 6.17 Å². The fourth-order valence-corrected chi connectivity index (χ4v) is 2.18. The second-order valence-electron chi connectivity index (χ2n) is 4.59. The molecule has 3 heteroatoms. The van der Waals surface area contributed by atoms with Crippen molar-refractivity contribution in [2.75, 3.05) is 32.7 Å². The number of nitrogens with two attached hydrogens (primary N) is 1. The van der Waals surface area contributed by atoms with Crippen LogP contribution >= 0.6 is 0 Å². The number of rotatable bonds is 6. The Balaban J connectivity index is 2.17. The summed E-state index contributed by atoms with van der Waals surface area (Å²) in [5.74, 6) is 0. The van der Waals surface area contributed by atoms with Crippen LogP contribution in [0.4, 0.5) is 0 Å². The van der Waals surface area contributed by atoms with Crippen molar-refractivity contribution in [1.29, 1.82) is 0 Å². The van der Waals surface area contributed by atoms with E-state index in [0.717, 1.165) is 19.5 Å². The molecule has 1 aliphatic heterocycles. The third-order valence-corrected chi connectivity index (χ3v) is 3.29. The summed E-state index contributed by atoms with van der Waals surface area (Å²) >= 11 is 0. The minimum absolute atomic E-state index is 0.295. The van der Waals surface area contributed by atoms with Gasteiger partial charge in [-0.2, -0.15) is 0 Å². The zero-order valence-electron chi connectivity index (χ0n) is 10.4. The fraction of sp³-hybridized carbons (Fsp3) is 1.00. The smallest absolute Gasteiger partial charge is 0.0572 e. The molecule has 1 atom stereocenters. The molecule has 0 aromatic carbocycles. The zero-order valence-corrected chi connectivity index (χ0v) is 10.4. The Hall–Kier alpha value is -0.120. The predicted octanol–water partition coefficient (Wildman–Crippen LogP) is 1.49. The molecule has 0 aliphatic carbocycles. The first-order valence-corrected chi connectivity index (χ1v) is 6.50. The van der Waals surface area contributed by atoms with Crippen LogP contribution in [0.1, 0.15) is 39.5 Å². The van der Waals surface area contributed by atoms with Gasteiger partial charge in [0, 0.05) is 26.2 Å². The van der Waals surface area contributed by atoms with E-state index in [-0.39, 0.29) is 0 Å². The highest BCUT2D eigenvalue weighted by atomic mass is 15.3. The van der Waals surface area contributed by atoms with Gasteiger partial charge in [-0.05, 0) is 19.4 Å². The van der Waals surface area contributed by atoms with Crippen LogP contribution in [0.2, 0.25) is 0 Å². The first-order chi connectivity index (χ1) is 7.27. The molecular weight excluding hydrogens is 186 g/mol. The zero-order chi connectivity index (χ0) is 11.1. The molecule has 15 heavy (non-hydrogen) atoms. The van der Waals surface area contributed by atoms with E-state index in [9.17, 15) is 0 Å². The number of unbranched alkanes of at least 4 members (excludes halogenated alkanes) is 1. The molecule has 0 spiro atoms. The standard InChI is InChI=1S/C12H27N3/c1-3-5-7-14-8-10-15(11-9-14)12(13)6-4-2/h12H,3-11,13H2,1-2H3. The highest BCUT2D eigenvalue weighted by Crippen LogP contribution is 2.07. The van der Waals surface area contributed by atoms with E-state index in [0.29, 0.717) is 6.17 Å². The molecule has 90 valence electrons. The lowest BCUT2D eigenvalue weighted by molar-refractivity contribution is 0.0931. The van der Waals surface area contributed by atoms with Crippen LogP contribution in [0, 0.1) is 0 Å². The van der Waals surface area contributed by atoms with Crippen molar-refractivity contribution in [2.45, 2.75) is 45.7 Å². The molecule has 1 fully saturated rings. The van der Waals surface area contributed by atoms with Crippen molar-refractivity contribution in [3.8, 4) is 0 Å². The van der Waals surface area contributed by atoms with Gasteiger partial charge in [0.25, 0.3) is 0 Å². The summed E-state index contributed by atoms with van der Waals surface area (Å²) in [5, 5.41) is 0. The molecule has 0 bridgehead atoms. The van der Waals surface area contributed by atoms with Gasteiger partial charge in [-0.15, -0.1) is 0 Å². The van der Waals surface area contributed by atoms with E-state index in [2.05, 4.69) is 23.6 Å². The molecule has 1 rings (SSSR count). The number of hydrogen-bond donors (Lipinski definition) is 1. The maximum Gasteiger partial charge on any atom is 0.0572 e. The topological polar surface area (TPSA) is 32.5 Å². The summed E-state index contributed by atoms with van der Waals surface area (Å²) in [5.41, 5.74) is 6.11. The van der Waals surface area contributed by atoms with Crippen LogP contribution in [0.5, 0.6) is 0 Å². The molecule has 0 aromatic heterocycles. The van der Waals surface area contributed by atoms with E-state index in [1.54, 1.807) is 0 Å². The van der Waals surface area contributed by atoms with Gasteiger partial charge in [0.15, 0.2) is 0 Å². The molecule has 1 aliphatic rings. The Bertz CT molecular complexity index is 153. The SMILES string of the molecule is CCCCN1CCN(C(N)CCC)CC1. The summed E-state index contributed by atoms with van der Waals surface area (Å²) in [7, 11) is 0. The second-order valence-corrected chi connectivity index (χ2v) is 4.59. The highest BCUT2D eigenvalue weighted by Gasteiger charge is 2.19. The molecule has 1 saturated heterocycles. The number of piperazine rings is 1. The molecule has 0 aromatic rings. The molecule has 0 saturated carbocycles. The maximum atomic E-state index is 6.11. The third-order valence-electron chi connectivity index (χ3n) is 3.29. The number of nitrogens with zero attached hydrogens (tertiary/aromatic N) is 2. The largest absolute Gasteiger partial charge is 0.316 e. The molecule has 1 unspecified atom stereocenters. The summed E-state index contributed by atoms with van der Waals surface area (Å²) in [6.07, 6.45) is 5.26. The summed E-state index contributed by atoms with van der Waals surface area (Å²) in [4.78, 5) is 5.00. The van der Waals surface area contributed by atoms with Crippen LogP contribution in [-0.4, -0.2) is 48.7 Å². The van der Waals surface area contributed by atoms with Gasteiger partial charge in [-0.1, -0.05) is 26.7 Å². The minimum Gasteiger partial charge on any atom is -0.316 e. The van der Waals surface area contributed by atoms with Crippen LogP contribution in [0.3, 0.4) is 0 Å². The molecule has 1 heterocycles. The first kappa shape index (κ1) is 12.9. The summed E-state index contributed by atoms with van der Waals surface area (Å²) in [6.45, 7) is 10.5.